The maximum atomic E-state index is 11.9. The number of aromatic nitrogens is 2. The van der Waals surface area contributed by atoms with Crippen LogP contribution in [0.25, 0.3) is 11.0 Å². The number of hydrogen-bond donors (Lipinski definition) is 2. The fraction of sp³-hybridized carbons (Fsp3) is 0.400. The van der Waals surface area contributed by atoms with E-state index in [2.05, 4.69) is 10.3 Å². The number of hydrogen-bond acceptors (Lipinski definition) is 3. The Morgan fingerprint density at radius 3 is 2.81 bits per heavy atom. The average Bonchev–Trinajstić information content (AvgIpc) is 3.22. The smallest absolute Gasteiger partial charge is 0.337 e. The van der Waals surface area contributed by atoms with Gasteiger partial charge in [-0.3, -0.25) is 4.79 Å². The summed E-state index contributed by atoms with van der Waals surface area (Å²) in [4.78, 5) is 27.7. The van der Waals surface area contributed by atoms with Crippen LogP contribution in [0.1, 0.15) is 41.9 Å². The van der Waals surface area contributed by atoms with Gasteiger partial charge in [-0.15, -0.1) is 0 Å². The summed E-state index contributed by atoms with van der Waals surface area (Å²) in [5, 5.41) is 12.0. The highest BCUT2D eigenvalue weighted by Gasteiger charge is 2.31. The maximum absolute atomic E-state index is 11.9. The molecule has 1 amide bonds. The summed E-state index contributed by atoms with van der Waals surface area (Å²) in [7, 11) is 0. The van der Waals surface area contributed by atoms with E-state index in [-0.39, 0.29) is 18.0 Å². The molecule has 0 spiro atoms. The molecular formula is C15H17N3O3. The molecule has 0 bridgehead atoms. The number of carboxylic acid groups (broad SMARTS) is 1. The fourth-order valence-electron chi connectivity index (χ4n) is 2.55. The Kier molecular flexibility index (Phi) is 3.37. The van der Waals surface area contributed by atoms with Crippen LogP contribution in [0.5, 0.6) is 0 Å². The predicted molar refractivity (Wildman–Crippen MR) is 77.4 cm³/mol. The molecule has 1 aromatic carbocycles. The average molecular weight is 287 g/mol. The van der Waals surface area contributed by atoms with E-state index in [0.29, 0.717) is 23.5 Å². The molecule has 1 aliphatic carbocycles. The summed E-state index contributed by atoms with van der Waals surface area (Å²) >= 11 is 0. The standard InChI is InChI=1S/C15H17N3O3/c1-2-16-12(19)8-18-11-5-3-4-10(15(20)21)13(11)17-14(18)9-6-7-9/h3-5,9H,2,6-8H2,1H3,(H,16,19)(H,20,21). The van der Waals surface area contributed by atoms with Crippen molar-refractivity contribution >= 4 is 22.9 Å². The number of imidazole rings is 1. The van der Waals surface area contributed by atoms with Gasteiger partial charge < -0.3 is 15.0 Å². The molecule has 21 heavy (non-hydrogen) atoms. The van der Waals surface area contributed by atoms with Crippen LogP contribution < -0.4 is 5.32 Å². The summed E-state index contributed by atoms with van der Waals surface area (Å²) in [6.45, 7) is 2.62. The quantitative estimate of drug-likeness (QED) is 0.877. The molecule has 2 N–H and O–H groups in total. The minimum Gasteiger partial charge on any atom is -0.478 e. The van der Waals surface area contributed by atoms with Gasteiger partial charge in [0.1, 0.15) is 17.9 Å². The molecule has 1 aliphatic rings. The number of para-hydroxylation sites is 1. The second-order valence-electron chi connectivity index (χ2n) is 5.26. The third-order valence-electron chi connectivity index (χ3n) is 3.66. The zero-order chi connectivity index (χ0) is 15.0. The minimum atomic E-state index is -0.995. The molecule has 2 aromatic rings. The van der Waals surface area contributed by atoms with Crippen LogP contribution in [0.3, 0.4) is 0 Å². The first-order chi connectivity index (χ1) is 10.1. The van der Waals surface area contributed by atoms with Gasteiger partial charge in [-0.05, 0) is 31.9 Å². The highest BCUT2D eigenvalue weighted by molar-refractivity contribution is 6.01. The molecule has 0 unspecified atom stereocenters. The number of nitrogens with one attached hydrogen (secondary N) is 1. The van der Waals surface area contributed by atoms with Crippen molar-refractivity contribution in [1.82, 2.24) is 14.9 Å². The second kappa shape index (κ2) is 5.20. The molecule has 1 heterocycles. The van der Waals surface area contributed by atoms with Gasteiger partial charge in [0.25, 0.3) is 0 Å². The van der Waals surface area contributed by atoms with Gasteiger partial charge in [-0.2, -0.15) is 0 Å². The van der Waals surface area contributed by atoms with Gasteiger partial charge in [0.05, 0.1) is 11.1 Å². The van der Waals surface area contributed by atoms with Gasteiger partial charge in [0.2, 0.25) is 5.91 Å². The van der Waals surface area contributed by atoms with Crippen molar-refractivity contribution < 1.29 is 14.7 Å². The molecular weight excluding hydrogens is 270 g/mol. The molecule has 0 atom stereocenters. The highest BCUT2D eigenvalue weighted by atomic mass is 16.4. The van der Waals surface area contributed by atoms with Crippen LogP contribution in [0, 0.1) is 0 Å². The van der Waals surface area contributed by atoms with E-state index in [1.807, 2.05) is 17.6 Å². The van der Waals surface area contributed by atoms with Crippen LogP contribution >= 0.6 is 0 Å². The first-order valence-corrected chi connectivity index (χ1v) is 7.11. The molecule has 0 radical (unpaired) electrons. The van der Waals surface area contributed by atoms with Crippen LogP contribution in [0.4, 0.5) is 0 Å². The molecule has 110 valence electrons. The van der Waals surface area contributed by atoms with Crippen LogP contribution in [0.2, 0.25) is 0 Å². The Morgan fingerprint density at radius 2 is 2.19 bits per heavy atom. The van der Waals surface area contributed by atoms with Crippen molar-refractivity contribution in [2.45, 2.75) is 32.2 Å². The van der Waals surface area contributed by atoms with E-state index in [1.54, 1.807) is 12.1 Å². The monoisotopic (exact) mass is 287 g/mol. The molecule has 1 aromatic heterocycles. The van der Waals surface area contributed by atoms with Crippen molar-refractivity contribution in [1.29, 1.82) is 0 Å². The fourth-order valence-corrected chi connectivity index (χ4v) is 2.55. The number of fused-ring (bicyclic) bond motifs is 1. The van der Waals surface area contributed by atoms with Gasteiger partial charge in [-0.1, -0.05) is 6.07 Å². The SMILES string of the molecule is CCNC(=O)Cn1c(C2CC2)nc2c(C(=O)O)cccc21. The number of aromatic carboxylic acids is 1. The van der Waals surface area contributed by atoms with Crippen LogP contribution in [0.15, 0.2) is 18.2 Å². The lowest BCUT2D eigenvalue weighted by Gasteiger charge is -2.08. The third-order valence-corrected chi connectivity index (χ3v) is 3.66. The van der Waals surface area contributed by atoms with Crippen molar-refractivity contribution in [3.8, 4) is 0 Å². The number of nitrogens with zero attached hydrogens (tertiary/aromatic N) is 2. The van der Waals surface area contributed by atoms with Gasteiger partial charge in [-0.25, -0.2) is 9.78 Å². The molecule has 3 rings (SSSR count). The largest absolute Gasteiger partial charge is 0.478 e. The van der Waals surface area contributed by atoms with Crippen LogP contribution in [-0.2, 0) is 11.3 Å². The topological polar surface area (TPSA) is 84.2 Å². The summed E-state index contributed by atoms with van der Waals surface area (Å²) in [6, 6.07) is 5.06. The number of likely N-dealkylation sites (N-methyl/N-ethyl adjacent to an activating group) is 1. The molecule has 1 fully saturated rings. The lowest BCUT2D eigenvalue weighted by Crippen LogP contribution is -2.27. The molecule has 6 nitrogen and oxygen atoms in total. The van der Waals surface area contributed by atoms with Crippen molar-refractivity contribution in [3.63, 3.8) is 0 Å². The first-order valence-electron chi connectivity index (χ1n) is 7.11. The van der Waals surface area contributed by atoms with Crippen molar-refractivity contribution in [3.05, 3.63) is 29.6 Å². The van der Waals surface area contributed by atoms with Gasteiger partial charge >= 0.3 is 5.97 Å². The Hall–Kier alpha value is -2.37. The minimum absolute atomic E-state index is 0.0839. The summed E-state index contributed by atoms with van der Waals surface area (Å²) < 4.78 is 1.85. The predicted octanol–water partition coefficient (Wildman–Crippen LogP) is 1.75. The van der Waals surface area contributed by atoms with E-state index >= 15 is 0 Å². The number of amides is 1. The van der Waals surface area contributed by atoms with E-state index < -0.39 is 5.97 Å². The number of carbonyl (C=O) groups is 2. The van der Waals surface area contributed by atoms with Crippen LogP contribution in [-0.4, -0.2) is 33.1 Å². The van der Waals surface area contributed by atoms with Crippen molar-refractivity contribution in [2.75, 3.05) is 6.54 Å². The molecule has 6 heteroatoms. The maximum Gasteiger partial charge on any atom is 0.337 e. The molecule has 0 saturated heterocycles. The third kappa shape index (κ3) is 2.49. The normalized spacial score (nSPS) is 14.3. The summed E-state index contributed by atoms with van der Waals surface area (Å²) in [5.41, 5.74) is 1.36. The number of benzene rings is 1. The Balaban J connectivity index is 2.11. The highest BCUT2D eigenvalue weighted by Crippen LogP contribution is 2.41. The zero-order valence-electron chi connectivity index (χ0n) is 11.8. The number of carboxylic acids is 1. The Bertz CT molecular complexity index is 716. The molecule has 0 aliphatic heterocycles. The number of carbonyl (C=O) groups excluding carboxylic acids is 1. The zero-order valence-corrected chi connectivity index (χ0v) is 11.8. The van der Waals surface area contributed by atoms with E-state index in [0.717, 1.165) is 18.7 Å². The van der Waals surface area contributed by atoms with E-state index in [1.165, 1.54) is 0 Å². The Labute approximate surface area is 121 Å². The van der Waals surface area contributed by atoms with Crippen molar-refractivity contribution in [2.24, 2.45) is 0 Å². The molecule has 1 saturated carbocycles. The van der Waals surface area contributed by atoms with E-state index in [9.17, 15) is 14.7 Å². The van der Waals surface area contributed by atoms with Gasteiger partial charge in [0, 0.05) is 12.5 Å². The lowest BCUT2D eigenvalue weighted by atomic mass is 10.2. The van der Waals surface area contributed by atoms with Gasteiger partial charge in [0.15, 0.2) is 0 Å². The number of rotatable bonds is 5. The summed E-state index contributed by atoms with van der Waals surface area (Å²) in [5.74, 6) is 0.0865. The summed E-state index contributed by atoms with van der Waals surface area (Å²) in [6.07, 6.45) is 2.09. The Morgan fingerprint density at radius 1 is 1.43 bits per heavy atom. The lowest BCUT2D eigenvalue weighted by molar-refractivity contribution is -0.121. The first kappa shape index (κ1) is 13.6. The van der Waals surface area contributed by atoms with E-state index in [4.69, 9.17) is 0 Å². The second-order valence-corrected chi connectivity index (χ2v) is 5.26.